The fourth-order valence-electron chi connectivity index (χ4n) is 5.47. The zero-order valence-electron chi connectivity index (χ0n) is 26.5. The number of esters is 1. The van der Waals surface area contributed by atoms with Gasteiger partial charge in [0, 0.05) is 21.2 Å². The Labute approximate surface area is 304 Å². The minimum absolute atomic E-state index is 0.156. The summed E-state index contributed by atoms with van der Waals surface area (Å²) in [6, 6.07) is 24.7. The summed E-state index contributed by atoms with van der Waals surface area (Å²) in [6.45, 7) is 2.08. The number of nitrogens with zero attached hydrogens (tertiary/aromatic N) is 2. The van der Waals surface area contributed by atoms with Crippen LogP contribution in [0.25, 0.3) is 11.8 Å². The van der Waals surface area contributed by atoms with Gasteiger partial charge in [-0.3, -0.25) is 9.36 Å². The monoisotopic (exact) mass is 778 g/mol. The highest BCUT2D eigenvalue weighted by Crippen LogP contribution is 2.39. The number of methoxy groups -OCH3 is 2. The average Bonchev–Trinajstić information content (AvgIpc) is 3.41. The van der Waals surface area contributed by atoms with Crippen LogP contribution in [0.3, 0.4) is 0 Å². The number of ether oxygens (including phenoxy) is 4. The van der Waals surface area contributed by atoms with Crippen molar-refractivity contribution in [3.05, 3.63) is 147 Å². The fourth-order valence-corrected chi connectivity index (χ4v) is 7.51. The number of hydrogen-bond acceptors (Lipinski definition) is 8. The van der Waals surface area contributed by atoms with E-state index in [1.54, 1.807) is 48.9 Å². The van der Waals surface area contributed by atoms with Gasteiger partial charge in [0.15, 0.2) is 16.3 Å². The quantitative estimate of drug-likeness (QED) is 0.136. The molecular weight excluding hydrogens is 751 g/mol. The van der Waals surface area contributed by atoms with Crippen LogP contribution in [0.5, 0.6) is 17.2 Å². The van der Waals surface area contributed by atoms with E-state index < -0.39 is 12.0 Å². The van der Waals surface area contributed by atoms with Crippen LogP contribution in [0.1, 0.15) is 35.2 Å². The molecule has 0 aliphatic carbocycles. The summed E-state index contributed by atoms with van der Waals surface area (Å²) in [5.41, 5.74) is 3.20. The van der Waals surface area contributed by atoms with Crippen molar-refractivity contribution in [2.45, 2.75) is 19.6 Å². The van der Waals surface area contributed by atoms with E-state index in [-0.39, 0.29) is 24.3 Å². The second-order valence-corrected chi connectivity index (χ2v) is 13.5. The summed E-state index contributed by atoms with van der Waals surface area (Å²) in [6.07, 6.45) is 1.76. The standard InChI is InChI=1S/C37H29BrCl2N2O6S/c1-4-47-36(44)31-32(22-9-6-5-7-10-22)41-37-42(33(31)23-11-8-12-26(18-23)45-2)35(43)30(49-37)17-21-15-27(38)34(29(16-21)46-3)48-20-24-13-14-25(39)19-28(24)40/h5-19,33H,4,20H2,1-3H3/b30-17-/t33-/m0/s1. The molecule has 4 aromatic carbocycles. The number of benzene rings is 4. The summed E-state index contributed by atoms with van der Waals surface area (Å²) in [4.78, 5) is 33.4. The van der Waals surface area contributed by atoms with Crippen LogP contribution in [0.15, 0.2) is 105 Å². The molecule has 1 aliphatic heterocycles. The van der Waals surface area contributed by atoms with Crippen LogP contribution in [0, 0.1) is 0 Å². The van der Waals surface area contributed by atoms with Crippen molar-refractivity contribution in [2.75, 3.05) is 20.8 Å². The third-order valence-corrected chi connectivity index (χ3v) is 9.88. The smallest absolute Gasteiger partial charge is 0.338 e. The van der Waals surface area contributed by atoms with Crippen molar-refractivity contribution in [2.24, 2.45) is 4.99 Å². The zero-order valence-corrected chi connectivity index (χ0v) is 30.5. The number of thiazole rings is 1. The first-order chi connectivity index (χ1) is 23.7. The van der Waals surface area contributed by atoms with Gasteiger partial charge >= 0.3 is 5.97 Å². The summed E-state index contributed by atoms with van der Waals surface area (Å²) in [5.74, 6) is 0.940. The predicted molar refractivity (Wildman–Crippen MR) is 196 cm³/mol. The Bertz CT molecular complexity index is 2270. The summed E-state index contributed by atoms with van der Waals surface area (Å²) in [5, 5.41) is 1.02. The van der Waals surface area contributed by atoms with Crippen LogP contribution in [0.4, 0.5) is 0 Å². The summed E-state index contributed by atoms with van der Waals surface area (Å²) >= 11 is 17.2. The molecule has 0 spiro atoms. The zero-order chi connectivity index (χ0) is 34.7. The number of rotatable bonds is 10. The van der Waals surface area contributed by atoms with Gasteiger partial charge in [-0.25, -0.2) is 9.79 Å². The second kappa shape index (κ2) is 15.0. The maximum Gasteiger partial charge on any atom is 0.338 e. The number of hydrogen-bond donors (Lipinski definition) is 0. The Kier molecular flexibility index (Phi) is 10.6. The predicted octanol–water partition coefficient (Wildman–Crippen LogP) is 7.60. The second-order valence-electron chi connectivity index (χ2n) is 10.8. The molecule has 1 aromatic heterocycles. The van der Waals surface area contributed by atoms with Gasteiger partial charge in [-0.1, -0.05) is 83.1 Å². The molecule has 0 bridgehead atoms. The fraction of sp³-hybridized carbons (Fsp3) is 0.162. The molecule has 0 saturated heterocycles. The molecule has 1 atom stereocenters. The van der Waals surface area contributed by atoms with Gasteiger partial charge < -0.3 is 18.9 Å². The van der Waals surface area contributed by atoms with Crippen LogP contribution in [-0.2, 0) is 16.1 Å². The van der Waals surface area contributed by atoms with Crippen molar-refractivity contribution in [1.82, 2.24) is 4.57 Å². The van der Waals surface area contributed by atoms with Crippen molar-refractivity contribution < 1.29 is 23.7 Å². The molecule has 5 aromatic rings. The average molecular weight is 781 g/mol. The Balaban J connectivity index is 1.49. The van der Waals surface area contributed by atoms with E-state index in [1.807, 2.05) is 60.7 Å². The highest BCUT2D eigenvalue weighted by Gasteiger charge is 2.35. The normalized spacial score (nSPS) is 14.2. The topological polar surface area (TPSA) is 88.4 Å². The SMILES string of the molecule is CCOC(=O)C1=C(c2ccccc2)N=c2s/c(=C\c3cc(Br)c(OCc4ccc(Cl)cc4Cl)c(OC)c3)c(=O)n2[C@H]1c1cccc(OC)c1. The molecule has 12 heteroatoms. The number of fused-ring (bicyclic) bond motifs is 1. The Morgan fingerprint density at radius 1 is 1.00 bits per heavy atom. The van der Waals surface area contributed by atoms with Crippen molar-refractivity contribution in [1.29, 1.82) is 0 Å². The number of carbonyl (C=O) groups excluding carboxylic acids is 1. The molecule has 6 rings (SSSR count). The van der Waals surface area contributed by atoms with Crippen LogP contribution < -0.4 is 29.1 Å². The first-order valence-corrected chi connectivity index (χ1v) is 17.5. The van der Waals surface area contributed by atoms with E-state index in [0.717, 1.165) is 11.1 Å². The lowest BCUT2D eigenvalue weighted by Gasteiger charge is -2.26. The Hall–Kier alpha value is -4.35. The van der Waals surface area contributed by atoms with Crippen LogP contribution in [-0.4, -0.2) is 31.4 Å². The maximum absolute atomic E-state index is 14.3. The van der Waals surface area contributed by atoms with Crippen molar-refractivity contribution in [3.8, 4) is 17.2 Å². The lowest BCUT2D eigenvalue weighted by Crippen LogP contribution is -2.40. The Morgan fingerprint density at radius 2 is 1.80 bits per heavy atom. The van der Waals surface area contributed by atoms with Gasteiger partial charge in [0.2, 0.25) is 0 Å². The molecule has 1 aliphatic rings. The number of carbonyl (C=O) groups is 1. The molecule has 0 radical (unpaired) electrons. The third kappa shape index (κ3) is 7.19. The first-order valence-electron chi connectivity index (χ1n) is 15.1. The first kappa shape index (κ1) is 34.5. The van der Waals surface area contributed by atoms with E-state index in [1.165, 1.54) is 18.4 Å². The molecule has 0 amide bonds. The molecule has 8 nitrogen and oxygen atoms in total. The third-order valence-electron chi connectivity index (χ3n) is 7.72. The van der Waals surface area contributed by atoms with E-state index in [0.29, 0.717) is 57.9 Å². The van der Waals surface area contributed by atoms with Crippen LogP contribution in [0.2, 0.25) is 10.0 Å². The summed E-state index contributed by atoms with van der Waals surface area (Å²) < 4.78 is 25.4. The molecule has 0 fully saturated rings. The highest BCUT2D eigenvalue weighted by atomic mass is 79.9. The molecule has 2 heterocycles. The molecular formula is C37H29BrCl2N2O6S. The van der Waals surface area contributed by atoms with Gasteiger partial charge in [-0.05, 0) is 76.5 Å². The van der Waals surface area contributed by atoms with E-state index >= 15 is 0 Å². The minimum atomic E-state index is -0.834. The largest absolute Gasteiger partial charge is 0.497 e. The van der Waals surface area contributed by atoms with E-state index in [9.17, 15) is 9.59 Å². The molecule has 49 heavy (non-hydrogen) atoms. The van der Waals surface area contributed by atoms with E-state index in [2.05, 4.69) is 15.9 Å². The lowest BCUT2D eigenvalue weighted by molar-refractivity contribution is -0.138. The van der Waals surface area contributed by atoms with Gasteiger partial charge in [-0.15, -0.1) is 0 Å². The van der Waals surface area contributed by atoms with Gasteiger partial charge in [0.05, 0.1) is 47.1 Å². The summed E-state index contributed by atoms with van der Waals surface area (Å²) in [7, 11) is 3.11. The maximum atomic E-state index is 14.3. The number of halogens is 3. The molecule has 0 saturated carbocycles. The van der Waals surface area contributed by atoms with Gasteiger partial charge in [0.1, 0.15) is 12.4 Å². The minimum Gasteiger partial charge on any atom is -0.497 e. The van der Waals surface area contributed by atoms with E-state index in [4.69, 9.17) is 47.1 Å². The van der Waals surface area contributed by atoms with Gasteiger partial charge in [-0.2, -0.15) is 0 Å². The highest BCUT2D eigenvalue weighted by molar-refractivity contribution is 9.10. The molecule has 250 valence electrons. The van der Waals surface area contributed by atoms with Crippen LogP contribution >= 0.6 is 50.5 Å². The van der Waals surface area contributed by atoms with Crippen molar-refractivity contribution >= 4 is 68.2 Å². The van der Waals surface area contributed by atoms with Gasteiger partial charge in [0.25, 0.3) is 5.56 Å². The Morgan fingerprint density at radius 3 is 2.51 bits per heavy atom. The lowest BCUT2D eigenvalue weighted by atomic mass is 9.93. The molecule has 0 unspecified atom stereocenters. The molecule has 0 N–H and O–H groups in total. The number of aromatic nitrogens is 1. The van der Waals surface area contributed by atoms with Crippen molar-refractivity contribution in [3.63, 3.8) is 0 Å².